The summed E-state index contributed by atoms with van der Waals surface area (Å²) in [6.07, 6.45) is 0.911. The Bertz CT molecular complexity index is 419. The van der Waals surface area contributed by atoms with E-state index in [0.29, 0.717) is 0 Å². The molecule has 0 aliphatic carbocycles. The number of non-ortho nitro benzene ring substituents is 1. The molecule has 0 amide bonds. The lowest BCUT2D eigenvalue weighted by atomic mass is 10.1. The summed E-state index contributed by atoms with van der Waals surface area (Å²) in [5, 5.41) is 14.0. The highest BCUT2D eigenvalue weighted by Crippen LogP contribution is 2.12. The molecule has 5 nitrogen and oxygen atoms in total. The van der Waals surface area contributed by atoms with Gasteiger partial charge < -0.3 is 10.2 Å². The van der Waals surface area contributed by atoms with Crippen LogP contribution in [-0.2, 0) is 6.42 Å². The Morgan fingerprint density at radius 3 is 2.55 bits per heavy atom. The fourth-order valence-corrected chi connectivity index (χ4v) is 3.18. The van der Waals surface area contributed by atoms with E-state index in [1.807, 2.05) is 23.9 Å². The number of nitro groups is 1. The van der Waals surface area contributed by atoms with Gasteiger partial charge in [0.15, 0.2) is 0 Å². The van der Waals surface area contributed by atoms with Gasteiger partial charge in [-0.25, -0.2) is 0 Å². The van der Waals surface area contributed by atoms with E-state index < -0.39 is 0 Å². The molecule has 1 aromatic rings. The molecule has 20 heavy (non-hydrogen) atoms. The van der Waals surface area contributed by atoms with Crippen molar-refractivity contribution in [3.8, 4) is 0 Å². The van der Waals surface area contributed by atoms with E-state index in [9.17, 15) is 10.1 Å². The summed E-state index contributed by atoms with van der Waals surface area (Å²) < 4.78 is 0. The van der Waals surface area contributed by atoms with Crippen molar-refractivity contribution in [2.24, 2.45) is 0 Å². The molecule has 1 saturated heterocycles. The molecule has 0 radical (unpaired) electrons. The van der Waals surface area contributed by atoms with Crippen LogP contribution >= 0.6 is 11.8 Å². The minimum absolute atomic E-state index is 0.157. The monoisotopic (exact) mass is 295 g/mol. The number of thioether (sulfide) groups is 1. The predicted molar refractivity (Wildman–Crippen MR) is 83.4 cm³/mol. The molecule has 0 bridgehead atoms. The minimum atomic E-state index is -0.362. The van der Waals surface area contributed by atoms with E-state index in [2.05, 4.69) is 10.2 Å². The summed E-state index contributed by atoms with van der Waals surface area (Å²) in [6.45, 7) is 5.45. The van der Waals surface area contributed by atoms with Crippen LogP contribution in [0.15, 0.2) is 24.3 Å². The molecule has 1 fully saturated rings. The quantitative estimate of drug-likeness (QED) is 0.472. The van der Waals surface area contributed by atoms with Crippen LogP contribution in [0.5, 0.6) is 0 Å². The average molecular weight is 295 g/mol. The van der Waals surface area contributed by atoms with E-state index in [1.165, 1.54) is 24.6 Å². The van der Waals surface area contributed by atoms with Crippen molar-refractivity contribution in [2.45, 2.75) is 6.42 Å². The SMILES string of the molecule is O=[N+]([O-])c1ccc(CCNCCN2CCSCC2)cc1. The average Bonchev–Trinajstić information content (AvgIpc) is 2.48. The molecule has 1 heterocycles. The molecule has 0 atom stereocenters. The van der Waals surface area contributed by atoms with Gasteiger partial charge in [-0.15, -0.1) is 0 Å². The van der Waals surface area contributed by atoms with E-state index in [4.69, 9.17) is 0 Å². The molecule has 6 heteroatoms. The van der Waals surface area contributed by atoms with Crippen LogP contribution in [0.4, 0.5) is 5.69 Å². The van der Waals surface area contributed by atoms with Gasteiger partial charge in [0.1, 0.15) is 0 Å². The van der Waals surface area contributed by atoms with Gasteiger partial charge >= 0.3 is 0 Å². The Morgan fingerprint density at radius 1 is 1.20 bits per heavy atom. The number of hydrogen-bond donors (Lipinski definition) is 1. The normalized spacial score (nSPS) is 16.2. The Balaban J connectivity index is 1.59. The van der Waals surface area contributed by atoms with Crippen molar-refractivity contribution >= 4 is 17.4 Å². The summed E-state index contributed by atoms with van der Waals surface area (Å²) in [4.78, 5) is 12.7. The molecule has 1 aliphatic rings. The molecular formula is C14H21N3O2S. The molecule has 1 N–H and O–H groups in total. The Morgan fingerprint density at radius 2 is 1.90 bits per heavy atom. The van der Waals surface area contributed by atoms with Crippen molar-refractivity contribution in [1.82, 2.24) is 10.2 Å². The molecule has 0 saturated carbocycles. The first kappa shape index (κ1) is 15.3. The maximum atomic E-state index is 10.5. The number of benzene rings is 1. The van der Waals surface area contributed by atoms with Gasteiger partial charge in [-0.1, -0.05) is 12.1 Å². The number of hydrogen-bond acceptors (Lipinski definition) is 5. The van der Waals surface area contributed by atoms with Crippen LogP contribution in [0.3, 0.4) is 0 Å². The lowest BCUT2D eigenvalue weighted by molar-refractivity contribution is -0.384. The largest absolute Gasteiger partial charge is 0.315 e. The third-order valence-electron chi connectivity index (χ3n) is 3.45. The van der Waals surface area contributed by atoms with Crippen molar-refractivity contribution in [2.75, 3.05) is 44.2 Å². The highest BCUT2D eigenvalue weighted by atomic mass is 32.2. The first-order valence-electron chi connectivity index (χ1n) is 7.00. The second-order valence-electron chi connectivity index (χ2n) is 4.88. The standard InChI is InChI=1S/C14H21N3O2S/c18-17(19)14-3-1-13(2-4-14)5-6-15-7-8-16-9-11-20-12-10-16/h1-4,15H,5-12H2. The maximum absolute atomic E-state index is 10.5. The fraction of sp³-hybridized carbons (Fsp3) is 0.571. The molecule has 0 aromatic heterocycles. The van der Waals surface area contributed by atoms with Gasteiger partial charge in [-0.05, 0) is 18.5 Å². The zero-order chi connectivity index (χ0) is 14.2. The second kappa shape index (κ2) is 8.24. The highest BCUT2D eigenvalue weighted by Gasteiger charge is 2.09. The number of nitro benzene ring substituents is 1. The zero-order valence-corrected chi connectivity index (χ0v) is 12.4. The lowest BCUT2D eigenvalue weighted by Crippen LogP contribution is -2.38. The van der Waals surface area contributed by atoms with Crippen LogP contribution in [0, 0.1) is 10.1 Å². The molecule has 2 rings (SSSR count). The van der Waals surface area contributed by atoms with Crippen LogP contribution in [0.1, 0.15) is 5.56 Å². The number of nitrogens with one attached hydrogen (secondary N) is 1. The molecule has 1 aromatic carbocycles. The van der Waals surface area contributed by atoms with Crippen LogP contribution in [-0.4, -0.2) is 54.1 Å². The van der Waals surface area contributed by atoms with Gasteiger partial charge in [-0.3, -0.25) is 10.1 Å². The van der Waals surface area contributed by atoms with Gasteiger partial charge in [0.2, 0.25) is 0 Å². The molecule has 0 spiro atoms. The van der Waals surface area contributed by atoms with E-state index >= 15 is 0 Å². The fourth-order valence-electron chi connectivity index (χ4n) is 2.20. The number of nitrogens with zero attached hydrogens (tertiary/aromatic N) is 2. The zero-order valence-electron chi connectivity index (χ0n) is 11.6. The van der Waals surface area contributed by atoms with Crippen LogP contribution in [0.2, 0.25) is 0 Å². The molecular weight excluding hydrogens is 274 g/mol. The third kappa shape index (κ3) is 5.11. The summed E-state index contributed by atoms with van der Waals surface area (Å²) in [5.74, 6) is 2.51. The third-order valence-corrected chi connectivity index (χ3v) is 4.39. The Hall–Kier alpha value is -1.11. The maximum Gasteiger partial charge on any atom is 0.269 e. The van der Waals surface area contributed by atoms with Gasteiger partial charge in [0, 0.05) is 49.8 Å². The summed E-state index contributed by atoms with van der Waals surface area (Å²) in [6, 6.07) is 6.81. The summed E-state index contributed by atoms with van der Waals surface area (Å²) >= 11 is 2.03. The summed E-state index contributed by atoms with van der Waals surface area (Å²) in [5.41, 5.74) is 1.29. The van der Waals surface area contributed by atoms with Crippen molar-refractivity contribution in [3.63, 3.8) is 0 Å². The van der Waals surface area contributed by atoms with E-state index in [0.717, 1.165) is 31.6 Å². The molecule has 110 valence electrons. The predicted octanol–water partition coefficient (Wildman–Crippen LogP) is 1.78. The Labute approximate surface area is 123 Å². The second-order valence-corrected chi connectivity index (χ2v) is 6.10. The number of rotatable bonds is 7. The van der Waals surface area contributed by atoms with Crippen LogP contribution in [0.25, 0.3) is 0 Å². The molecule has 1 aliphatic heterocycles. The molecule has 0 unspecified atom stereocenters. The van der Waals surface area contributed by atoms with Gasteiger partial charge in [0.05, 0.1) is 4.92 Å². The van der Waals surface area contributed by atoms with Crippen molar-refractivity contribution in [3.05, 3.63) is 39.9 Å². The van der Waals surface area contributed by atoms with Crippen molar-refractivity contribution in [1.29, 1.82) is 0 Å². The minimum Gasteiger partial charge on any atom is -0.315 e. The van der Waals surface area contributed by atoms with Crippen molar-refractivity contribution < 1.29 is 4.92 Å². The van der Waals surface area contributed by atoms with Gasteiger partial charge in [0.25, 0.3) is 5.69 Å². The smallest absolute Gasteiger partial charge is 0.269 e. The Kier molecular flexibility index (Phi) is 6.29. The first-order valence-corrected chi connectivity index (χ1v) is 8.15. The van der Waals surface area contributed by atoms with E-state index in [1.54, 1.807) is 12.1 Å². The van der Waals surface area contributed by atoms with Crippen LogP contribution < -0.4 is 5.32 Å². The highest BCUT2D eigenvalue weighted by molar-refractivity contribution is 7.99. The summed E-state index contributed by atoms with van der Waals surface area (Å²) in [7, 11) is 0. The van der Waals surface area contributed by atoms with E-state index in [-0.39, 0.29) is 10.6 Å². The topological polar surface area (TPSA) is 58.4 Å². The lowest BCUT2D eigenvalue weighted by Gasteiger charge is -2.26. The van der Waals surface area contributed by atoms with Gasteiger partial charge in [-0.2, -0.15) is 11.8 Å². The first-order chi connectivity index (χ1) is 9.75.